The first-order valence-electron chi connectivity index (χ1n) is 8.34. The molecule has 0 spiro atoms. The maximum absolute atomic E-state index is 12.4. The van der Waals surface area contributed by atoms with Gasteiger partial charge >= 0.3 is 0 Å². The molecule has 132 valence electrons. The van der Waals surface area contributed by atoms with Crippen molar-refractivity contribution in [3.8, 4) is 11.3 Å². The fraction of sp³-hybridized carbons (Fsp3) is 0.211. The van der Waals surface area contributed by atoms with Crippen LogP contribution in [0.4, 0.5) is 5.13 Å². The molecule has 3 aromatic heterocycles. The molecule has 1 amide bonds. The van der Waals surface area contributed by atoms with Crippen LogP contribution in [-0.2, 0) is 18.3 Å². The summed E-state index contributed by atoms with van der Waals surface area (Å²) in [6.45, 7) is 3.90. The number of rotatable bonds is 4. The number of nitrogens with one attached hydrogen (secondary N) is 2. The van der Waals surface area contributed by atoms with E-state index in [0.717, 1.165) is 39.1 Å². The molecule has 0 aliphatic rings. The molecule has 4 aromatic rings. The number of thiazole rings is 1. The average molecular weight is 365 g/mol. The van der Waals surface area contributed by atoms with E-state index in [1.807, 2.05) is 50.7 Å². The number of nitrogens with zero attached hydrogens (tertiary/aromatic N) is 3. The first-order chi connectivity index (χ1) is 12.5. The molecule has 0 saturated heterocycles. The monoisotopic (exact) mass is 365 g/mol. The van der Waals surface area contributed by atoms with Crippen LogP contribution in [0.15, 0.2) is 35.8 Å². The summed E-state index contributed by atoms with van der Waals surface area (Å²) in [6, 6.07) is 8.10. The van der Waals surface area contributed by atoms with Crippen LogP contribution in [0.1, 0.15) is 17.0 Å². The number of hydrogen-bond acceptors (Lipinski definition) is 4. The van der Waals surface area contributed by atoms with Crippen molar-refractivity contribution in [1.82, 2.24) is 19.7 Å². The maximum Gasteiger partial charge on any atom is 0.230 e. The second-order valence-electron chi connectivity index (χ2n) is 6.28. The van der Waals surface area contributed by atoms with Crippen LogP contribution in [0.25, 0.3) is 22.2 Å². The molecule has 7 heteroatoms. The van der Waals surface area contributed by atoms with E-state index in [1.54, 1.807) is 4.68 Å². The molecular formula is C19H19N5OS. The molecule has 0 atom stereocenters. The lowest BCUT2D eigenvalue weighted by Crippen LogP contribution is -2.15. The zero-order valence-electron chi connectivity index (χ0n) is 14.8. The van der Waals surface area contributed by atoms with Crippen LogP contribution in [0.3, 0.4) is 0 Å². The van der Waals surface area contributed by atoms with Crippen molar-refractivity contribution in [3.63, 3.8) is 0 Å². The number of carbonyl (C=O) groups excluding carboxylic acids is 1. The summed E-state index contributed by atoms with van der Waals surface area (Å²) in [6.07, 6.45) is 2.25. The SMILES string of the molecule is Cc1nn(C)c(C)c1CC(=O)Nc1nc(-c2c[nH]c3ccccc23)cs1. The van der Waals surface area contributed by atoms with Gasteiger partial charge in [-0.05, 0) is 19.9 Å². The van der Waals surface area contributed by atoms with E-state index in [2.05, 4.69) is 26.4 Å². The van der Waals surface area contributed by atoms with Gasteiger partial charge in [0.2, 0.25) is 5.91 Å². The fourth-order valence-corrected chi connectivity index (χ4v) is 3.86. The molecule has 0 radical (unpaired) electrons. The minimum atomic E-state index is -0.0796. The number of para-hydroxylation sites is 1. The molecule has 0 aliphatic heterocycles. The highest BCUT2D eigenvalue weighted by atomic mass is 32.1. The lowest BCUT2D eigenvalue weighted by atomic mass is 10.1. The molecule has 2 N–H and O–H groups in total. The first kappa shape index (κ1) is 16.5. The number of amides is 1. The van der Waals surface area contributed by atoms with Gasteiger partial charge in [-0.25, -0.2) is 4.98 Å². The van der Waals surface area contributed by atoms with Crippen LogP contribution in [-0.4, -0.2) is 25.7 Å². The van der Waals surface area contributed by atoms with E-state index in [4.69, 9.17) is 0 Å². The molecule has 6 nitrogen and oxygen atoms in total. The Morgan fingerprint density at radius 2 is 2.12 bits per heavy atom. The van der Waals surface area contributed by atoms with Crippen molar-refractivity contribution in [3.05, 3.63) is 52.8 Å². The van der Waals surface area contributed by atoms with Gasteiger partial charge in [0.05, 0.1) is 17.8 Å². The fourth-order valence-electron chi connectivity index (χ4n) is 3.14. The smallest absolute Gasteiger partial charge is 0.230 e. The number of aromatic nitrogens is 4. The number of aryl methyl sites for hydroxylation is 2. The van der Waals surface area contributed by atoms with Crippen LogP contribution in [0.2, 0.25) is 0 Å². The molecule has 0 bridgehead atoms. The summed E-state index contributed by atoms with van der Waals surface area (Å²) in [7, 11) is 1.89. The van der Waals surface area contributed by atoms with Crippen LogP contribution in [0, 0.1) is 13.8 Å². The highest BCUT2D eigenvalue weighted by molar-refractivity contribution is 7.14. The van der Waals surface area contributed by atoms with E-state index >= 15 is 0 Å². The van der Waals surface area contributed by atoms with Crippen molar-refractivity contribution < 1.29 is 4.79 Å². The second kappa shape index (κ2) is 6.42. The average Bonchev–Trinajstić information content (AvgIpc) is 3.30. The summed E-state index contributed by atoms with van der Waals surface area (Å²) in [5, 5.41) is 11.0. The molecule has 4 rings (SSSR count). The third kappa shape index (κ3) is 2.90. The van der Waals surface area contributed by atoms with Gasteiger partial charge in [-0.3, -0.25) is 9.48 Å². The largest absolute Gasteiger partial charge is 0.360 e. The standard InChI is InChI=1S/C19H19N5OS/c1-11-14(12(2)24(3)23-11)8-18(25)22-19-21-17(10-26-19)15-9-20-16-7-5-4-6-13(15)16/h4-7,9-10,20H,8H2,1-3H3,(H,21,22,25). The maximum atomic E-state index is 12.4. The van der Waals surface area contributed by atoms with E-state index < -0.39 is 0 Å². The van der Waals surface area contributed by atoms with Crippen LogP contribution < -0.4 is 5.32 Å². The number of benzene rings is 1. The van der Waals surface area contributed by atoms with Gasteiger partial charge in [0.1, 0.15) is 0 Å². The minimum absolute atomic E-state index is 0.0796. The molecule has 26 heavy (non-hydrogen) atoms. The van der Waals surface area contributed by atoms with E-state index in [-0.39, 0.29) is 5.91 Å². The van der Waals surface area contributed by atoms with Gasteiger partial charge in [0, 0.05) is 46.3 Å². The van der Waals surface area contributed by atoms with Crippen molar-refractivity contribution in [2.75, 3.05) is 5.32 Å². The van der Waals surface area contributed by atoms with Gasteiger partial charge in [0.15, 0.2) is 5.13 Å². The van der Waals surface area contributed by atoms with Crippen molar-refractivity contribution >= 4 is 33.3 Å². The number of hydrogen-bond donors (Lipinski definition) is 2. The van der Waals surface area contributed by atoms with Gasteiger partial charge in [-0.1, -0.05) is 18.2 Å². The molecular weight excluding hydrogens is 346 g/mol. The third-order valence-electron chi connectivity index (χ3n) is 4.61. The van der Waals surface area contributed by atoms with Gasteiger partial charge < -0.3 is 10.3 Å². The highest BCUT2D eigenvalue weighted by Gasteiger charge is 2.15. The van der Waals surface area contributed by atoms with Crippen molar-refractivity contribution in [2.24, 2.45) is 7.05 Å². The van der Waals surface area contributed by atoms with Crippen molar-refractivity contribution in [2.45, 2.75) is 20.3 Å². The highest BCUT2D eigenvalue weighted by Crippen LogP contribution is 2.31. The van der Waals surface area contributed by atoms with Gasteiger partial charge in [-0.2, -0.15) is 5.10 Å². The van der Waals surface area contributed by atoms with Gasteiger partial charge in [0.25, 0.3) is 0 Å². The van der Waals surface area contributed by atoms with E-state index in [9.17, 15) is 4.79 Å². The summed E-state index contributed by atoms with van der Waals surface area (Å²) in [5.74, 6) is -0.0796. The minimum Gasteiger partial charge on any atom is -0.360 e. The first-order valence-corrected chi connectivity index (χ1v) is 9.22. The molecule has 0 unspecified atom stereocenters. The summed E-state index contributed by atoms with van der Waals surface area (Å²) in [5.41, 5.74) is 5.84. The number of H-pyrrole nitrogens is 1. The number of fused-ring (bicyclic) bond motifs is 1. The number of aromatic amines is 1. The predicted molar refractivity (Wildman–Crippen MR) is 104 cm³/mol. The quantitative estimate of drug-likeness (QED) is 0.577. The van der Waals surface area contributed by atoms with Crippen LogP contribution in [0.5, 0.6) is 0 Å². The zero-order valence-corrected chi connectivity index (χ0v) is 15.6. The van der Waals surface area contributed by atoms with Crippen LogP contribution >= 0.6 is 11.3 Å². The van der Waals surface area contributed by atoms with Gasteiger partial charge in [-0.15, -0.1) is 11.3 Å². The lowest BCUT2D eigenvalue weighted by molar-refractivity contribution is -0.115. The Labute approximate surface area is 154 Å². The molecule has 3 heterocycles. The normalized spacial score (nSPS) is 11.2. The Kier molecular flexibility index (Phi) is 4.08. The lowest BCUT2D eigenvalue weighted by Gasteiger charge is -2.02. The number of carbonyl (C=O) groups is 1. The number of anilines is 1. The Morgan fingerprint density at radius 3 is 2.88 bits per heavy atom. The summed E-state index contributed by atoms with van der Waals surface area (Å²) < 4.78 is 1.80. The second-order valence-corrected chi connectivity index (χ2v) is 7.14. The Bertz CT molecular complexity index is 1100. The predicted octanol–water partition coefficient (Wildman–Crippen LogP) is 3.82. The Morgan fingerprint density at radius 1 is 1.31 bits per heavy atom. The topological polar surface area (TPSA) is 75.6 Å². The molecule has 0 aliphatic carbocycles. The molecule has 1 aromatic carbocycles. The molecule has 0 fully saturated rings. The van der Waals surface area contributed by atoms with Crippen molar-refractivity contribution in [1.29, 1.82) is 0 Å². The Hall–Kier alpha value is -2.93. The Balaban J connectivity index is 1.52. The van der Waals surface area contributed by atoms with E-state index in [1.165, 1.54) is 11.3 Å². The summed E-state index contributed by atoms with van der Waals surface area (Å²) >= 11 is 1.43. The zero-order chi connectivity index (χ0) is 18.3. The third-order valence-corrected chi connectivity index (χ3v) is 5.37. The summed E-state index contributed by atoms with van der Waals surface area (Å²) in [4.78, 5) is 20.2. The van der Waals surface area contributed by atoms with E-state index in [0.29, 0.717) is 11.6 Å². The molecule has 0 saturated carbocycles.